The number of carbonyl (C=O) groups is 2. The molecule has 0 radical (unpaired) electrons. The van der Waals surface area contributed by atoms with Gasteiger partial charge in [0.25, 0.3) is 0 Å². The molecular weight excluding hydrogens is 416 g/mol. The summed E-state index contributed by atoms with van der Waals surface area (Å²) in [7, 11) is -1.85. The van der Waals surface area contributed by atoms with Crippen LogP contribution in [0, 0.1) is 11.8 Å². The molecule has 2 aliphatic rings. The summed E-state index contributed by atoms with van der Waals surface area (Å²) < 4.78 is 6.97. The molecule has 1 saturated carbocycles. The van der Waals surface area contributed by atoms with Crippen LogP contribution in [-0.4, -0.2) is 31.3 Å². The van der Waals surface area contributed by atoms with Gasteiger partial charge in [-0.1, -0.05) is 51.7 Å². The average molecular weight is 461 g/mol. The second kappa shape index (κ2) is 12.2. The van der Waals surface area contributed by atoms with Crippen molar-refractivity contribution in [1.29, 1.82) is 0 Å². The number of aliphatic carboxylic acids is 1. The molecule has 0 bridgehead atoms. The number of rotatable bonds is 11. The summed E-state index contributed by atoms with van der Waals surface area (Å²) in [6.07, 6.45) is 16.4. The molecule has 0 unspecified atom stereocenters. The summed E-state index contributed by atoms with van der Waals surface area (Å²) >= 11 is 0. The molecule has 0 spiro atoms. The van der Waals surface area contributed by atoms with Gasteiger partial charge in [-0.25, -0.2) is 0 Å². The molecule has 0 aromatic rings. The Morgan fingerprint density at radius 1 is 1.25 bits per heavy atom. The number of carboxylic acid groups (broad SMARTS) is 1. The fraction of sp³-hybridized carbons (Fsp3) is 0.741. The molecule has 0 amide bonds. The number of hydrogen-bond acceptors (Lipinski definition) is 3. The van der Waals surface area contributed by atoms with Gasteiger partial charge in [0.05, 0.1) is 6.42 Å². The summed E-state index contributed by atoms with van der Waals surface area (Å²) in [6.45, 7) is 11.6. The van der Waals surface area contributed by atoms with Gasteiger partial charge in [0.2, 0.25) is 0 Å². The first kappa shape index (κ1) is 26.8. The maximum absolute atomic E-state index is 12.5. The first-order valence-corrected chi connectivity index (χ1v) is 15.4. The van der Waals surface area contributed by atoms with Crippen LogP contribution in [0.25, 0.3) is 0 Å². The summed E-state index contributed by atoms with van der Waals surface area (Å²) in [6, 6.07) is 0. The molecule has 5 heteroatoms. The van der Waals surface area contributed by atoms with Gasteiger partial charge in [-0.05, 0) is 74.7 Å². The lowest BCUT2D eigenvalue weighted by Crippen LogP contribution is -2.46. The van der Waals surface area contributed by atoms with Crippen molar-refractivity contribution in [3.05, 3.63) is 29.5 Å². The highest BCUT2D eigenvalue weighted by molar-refractivity contribution is 6.74. The van der Waals surface area contributed by atoms with Crippen LogP contribution >= 0.6 is 0 Å². The van der Waals surface area contributed by atoms with Gasteiger partial charge in [-0.2, -0.15) is 0 Å². The topological polar surface area (TPSA) is 63.6 Å². The van der Waals surface area contributed by atoms with Crippen molar-refractivity contribution < 1.29 is 19.1 Å². The van der Waals surface area contributed by atoms with E-state index in [0.29, 0.717) is 24.2 Å². The van der Waals surface area contributed by atoms with Crippen molar-refractivity contribution in [1.82, 2.24) is 0 Å². The minimum Gasteiger partial charge on any atom is -0.481 e. The summed E-state index contributed by atoms with van der Waals surface area (Å²) in [5.41, 5.74) is 4.22. The Morgan fingerprint density at radius 3 is 2.56 bits per heavy atom. The second-order valence-corrected chi connectivity index (χ2v) is 15.9. The third-order valence-corrected chi connectivity index (χ3v) is 12.2. The van der Waals surface area contributed by atoms with Crippen LogP contribution < -0.4 is 0 Å². The molecule has 0 aromatic heterocycles. The monoisotopic (exact) mass is 460 g/mol. The van der Waals surface area contributed by atoms with Gasteiger partial charge in [-0.3, -0.25) is 9.59 Å². The van der Waals surface area contributed by atoms with Gasteiger partial charge in [0.15, 0.2) is 8.32 Å². The number of ketones is 1. The van der Waals surface area contributed by atoms with Gasteiger partial charge in [-0.15, -0.1) is 5.73 Å². The molecule has 2 rings (SSSR count). The molecule has 2 atom stereocenters. The van der Waals surface area contributed by atoms with E-state index in [9.17, 15) is 9.59 Å². The highest BCUT2D eigenvalue weighted by Gasteiger charge is 2.41. The summed E-state index contributed by atoms with van der Waals surface area (Å²) in [5, 5.41) is 8.88. The third kappa shape index (κ3) is 8.17. The lowest BCUT2D eigenvalue weighted by Gasteiger charge is -2.42. The summed E-state index contributed by atoms with van der Waals surface area (Å²) in [5.74, 6) is 0.126. The zero-order valence-corrected chi connectivity index (χ0v) is 21.9. The molecule has 0 aromatic carbocycles. The third-order valence-electron chi connectivity index (χ3n) is 7.66. The van der Waals surface area contributed by atoms with Gasteiger partial charge >= 0.3 is 5.97 Å². The van der Waals surface area contributed by atoms with Gasteiger partial charge in [0, 0.05) is 18.4 Å². The molecule has 4 nitrogen and oxygen atoms in total. The van der Waals surface area contributed by atoms with Crippen molar-refractivity contribution >= 4 is 20.1 Å². The molecule has 2 aliphatic carbocycles. The molecule has 180 valence electrons. The van der Waals surface area contributed by atoms with E-state index >= 15 is 0 Å². The van der Waals surface area contributed by atoms with Crippen LogP contribution in [0.15, 0.2) is 29.5 Å². The maximum atomic E-state index is 12.5. The molecule has 0 saturated heterocycles. The lowest BCUT2D eigenvalue weighted by molar-refractivity contribution is -0.136. The lowest BCUT2D eigenvalue weighted by atomic mass is 9.82. The van der Waals surface area contributed by atoms with E-state index in [1.54, 1.807) is 0 Å². The van der Waals surface area contributed by atoms with Crippen molar-refractivity contribution in [2.75, 3.05) is 0 Å². The Kier molecular flexibility index (Phi) is 10.2. The van der Waals surface area contributed by atoms with Crippen molar-refractivity contribution in [3.63, 3.8) is 0 Å². The Morgan fingerprint density at radius 2 is 1.94 bits per heavy atom. The number of carbonyl (C=O) groups excluding carboxylic acids is 1. The SMILES string of the molecule is CC(C)(C)[Si](C)(C)O[C@H](CCC1=CCC(=O)[C@@H]1CCC=C=CCC(=O)O)C1CCCCC1. The average Bonchev–Trinajstić information content (AvgIpc) is 3.07. The zero-order valence-electron chi connectivity index (χ0n) is 20.9. The van der Waals surface area contributed by atoms with E-state index < -0.39 is 14.3 Å². The molecule has 1 fully saturated rings. The van der Waals surface area contributed by atoms with Crippen LogP contribution in [-0.2, 0) is 14.0 Å². The molecule has 32 heavy (non-hydrogen) atoms. The Bertz CT molecular complexity index is 731. The summed E-state index contributed by atoms with van der Waals surface area (Å²) in [4.78, 5) is 23.1. The number of carboxylic acids is 1. The molecule has 1 N–H and O–H groups in total. The fourth-order valence-electron chi connectivity index (χ4n) is 4.67. The van der Waals surface area contributed by atoms with Crippen LogP contribution in [0.3, 0.4) is 0 Å². The van der Waals surface area contributed by atoms with Gasteiger partial charge in [0.1, 0.15) is 5.78 Å². The van der Waals surface area contributed by atoms with E-state index in [4.69, 9.17) is 9.53 Å². The smallest absolute Gasteiger partial charge is 0.307 e. The number of hydrogen-bond donors (Lipinski definition) is 1. The zero-order chi connectivity index (χ0) is 23.8. The van der Waals surface area contributed by atoms with E-state index in [1.165, 1.54) is 43.8 Å². The van der Waals surface area contributed by atoms with Crippen LogP contribution in [0.5, 0.6) is 0 Å². The Hall–Kier alpha value is -1.42. The maximum Gasteiger partial charge on any atom is 0.307 e. The van der Waals surface area contributed by atoms with Crippen LogP contribution in [0.4, 0.5) is 0 Å². The predicted octanol–water partition coefficient (Wildman–Crippen LogP) is 7.22. The Labute approximate surface area is 196 Å². The highest BCUT2D eigenvalue weighted by atomic mass is 28.4. The molecule has 0 aliphatic heterocycles. The van der Waals surface area contributed by atoms with Crippen molar-refractivity contribution in [2.24, 2.45) is 11.8 Å². The minimum atomic E-state index is -1.85. The normalized spacial score (nSPS) is 21.1. The molecular formula is C27H44O4Si. The largest absolute Gasteiger partial charge is 0.481 e. The number of allylic oxidation sites excluding steroid dienone is 2. The quantitative estimate of drug-likeness (QED) is 0.201. The van der Waals surface area contributed by atoms with Crippen LogP contribution in [0.2, 0.25) is 18.1 Å². The van der Waals surface area contributed by atoms with Crippen LogP contribution in [0.1, 0.15) is 91.4 Å². The van der Waals surface area contributed by atoms with E-state index in [1.807, 2.05) is 6.08 Å². The first-order valence-electron chi connectivity index (χ1n) is 12.5. The number of Topliss-reactive ketones (excluding diaryl/α,β-unsaturated/α-hetero) is 1. The first-order chi connectivity index (χ1) is 15.0. The second-order valence-electron chi connectivity index (χ2n) is 11.1. The molecule has 0 heterocycles. The van der Waals surface area contributed by atoms with Gasteiger partial charge < -0.3 is 9.53 Å². The minimum absolute atomic E-state index is 0.00685. The standard InChI is InChI=1S/C27H44O4Si/c1-27(2,3)32(4,5)31-25(22-13-9-8-10-14-22)20-18-21-17-19-24(28)23(21)15-11-6-7-12-16-26(29)30/h6,12,17,22-23,25H,8-11,13-16,18-20H2,1-5H3,(H,29,30)/t7?,23-,25-/m1/s1. The fourth-order valence-corrected chi connectivity index (χ4v) is 6.09. The van der Waals surface area contributed by atoms with E-state index in [2.05, 4.69) is 45.7 Å². The highest BCUT2D eigenvalue weighted by Crippen LogP contribution is 2.41. The van der Waals surface area contributed by atoms with Crippen molar-refractivity contribution in [3.8, 4) is 0 Å². The van der Waals surface area contributed by atoms with Crippen molar-refractivity contribution in [2.45, 2.75) is 116 Å². The van der Waals surface area contributed by atoms with E-state index in [-0.39, 0.29) is 17.4 Å². The van der Waals surface area contributed by atoms with E-state index in [0.717, 1.165) is 25.7 Å². The predicted molar refractivity (Wildman–Crippen MR) is 133 cm³/mol. The Balaban J connectivity index is 1.99.